The van der Waals surface area contributed by atoms with Crippen molar-refractivity contribution in [1.29, 1.82) is 0 Å². The molecule has 0 aliphatic heterocycles. The molecule has 0 unspecified atom stereocenters. The third-order valence-electron chi connectivity index (χ3n) is 2.63. The summed E-state index contributed by atoms with van der Waals surface area (Å²) >= 11 is 5.51. The van der Waals surface area contributed by atoms with E-state index >= 15 is 0 Å². The lowest BCUT2D eigenvalue weighted by Crippen LogP contribution is -2.14. The standard InChI is InChI=1S/C12H17ClN2O/c1-8-3-4-11(9(2)10(8)7-14)15-12(16)5-6-13/h3-4H,5-7,14H2,1-2H3,(H,15,16). The summed E-state index contributed by atoms with van der Waals surface area (Å²) < 4.78 is 0. The molecular weight excluding hydrogens is 224 g/mol. The fraction of sp³-hybridized carbons (Fsp3) is 0.417. The molecule has 3 N–H and O–H groups in total. The number of alkyl halides is 1. The second kappa shape index (κ2) is 5.87. The van der Waals surface area contributed by atoms with Gasteiger partial charge in [0.1, 0.15) is 0 Å². The SMILES string of the molecule is Cc1ccc(NC(=O)CCCl)c(C)c1CN. The number of halogens is 1. The Morgan fingerprint density at radius 2 is 2.12 bits per heavy atom. The average molecular weight is 241 g/mol. The van der Waals surface area contributed by atoms with Crippen molar-refractivity contribution < 1.29 is 4.79 Å². The number of nitrogens with two attached hydrogens (primary N) is 1. The van der Waals surface area contributed by atoms with Crippen molar-refractivity contribution in [2.45, 2.75) is 26.8 Å². The number of hydrogen-bond donors (Lipinski definition) is 2. The summed E-state index contributed by atoms with van der Waals surface area (Å²) in [6, 6.07) is 3.86. The van der Waals surface area contributed by atoms with E-state index in [1.807, 2.05) is 26.0 Å². The molecule has 0 bridgehead atoms. The third-order valence-corrected chi connectivity index (χ3v) is 2.82. The smallest absolute Gasteiger partial charge is 0.225 e. The predicted octanol–water partition coefficient (Wildman–Crippen LogP) is 2.33. The molecule has 16 heavy (non-hydrogen) atoms. The van der Waals surface area contributed by atoms with Gasteiger partial charge in [-0.3, -0.25) is 4.79 Å². The summed E-state index contributed by atoms with van der Waals surface area (Å²) in [5.74, 6) is 0.269. The molecule has 0 aromatic heterocycles. The number of carbonyl (C=O) groups is 1. The monoisotopic (exact) mass is 240 g/mol. The average Bonchev–Trinajstić information content (AvgIpc) is 2.23. The summed E-state index contributed by atoms with van der Waals surface area (Å²) in [4.78, 5) is 11.4. The molecule has 88 valence electrons. The van der Waals surface area contributed by atoms with Crippen molar-refractivity contribution in [1.82, 2.24) is 0 Å². The minimum absolute atomic E-state index is 0.0649. The molecule has 0 radical (unpaired) electrons. The number of amides is 1. The van der Waals surface area contributed by atoms with Crippen LogP contribution in [0.1, 0.15) is 23.1 Å². The highest BCUT2D eigenvalue weighted by atomic mass is 35.5. The van der Waals surface area contributed by atoms with E-state index in [0.717, 1.165) is 22.4 Å². The third kappa shape index (κ3) is 2.97. The van der Waals surface area contributed by atoms with Gasteiger partial charge in [0.2, 0.25) is 5.91 Å². The van der Waals surface area contributed by atoms with E-state index in [4.69, 9.17) is 17.3 Å². The molecule has 0 fully saturated rings. The number of aryl methyl sites for hydroxylation is 1. The van der Waals surface area contributed by atoms with Crippen molar-refractivity contribution in [2.75, 3.05) is 11.2 Å². The Balaban J connectivity index is 2.93. The maximum atomic E-state index is 11.4. The maximum Gasteiger partial charge on any atom is 0.225 e. The second-order valence-corrected chi connectivity index (χ2v) is 4.10. The Hall–Kier alpha value is -1.06. The van der Waals surface area contributed by atoms with Gasteiger partial charge >= 0.3 is 0 Å². The van der Waals surface area contributed by atoms with Crippen LogP contribution in [0.2, 0.25) is 0 Å². The van der Waals surface area contributed by atoms with E-state index in [0.29, 0.717) is 18.8 Å². The summed E-state index contributed by atoms with van der Waals surface area (Å²) in [6.45, 7) is 4.46. The zero-order chi connectivity index (χ0) is 12.1. The topological polar surface area (TPSA) is 55.1 Å². The molecular formula is C12H17ClN2O. The fourth-order valence-electron chi connectivity index (χ4n) is 1.64. The lowest BCUT2D eigenvalue weighted by molar-refractivity contribution is -0.115. The molecule has 0 atom stereocenters. The predicted molar refractivity (Wildman–Crippen MR) is 67.8 cm³/mol. The Labute approximate surface area is 101 Å². The number of hydrogen-bond acceptors (Lipinski definition) is 2. The lowest BCUT2D eigenvalue weighted by atomic mass is 10.0. The van der Waals surface area contributed by atoms with E-state index in [1.54, 1.807) is 0 Å². The van der Waals surface area contributed by atoms with Gasteiger partial charge in [-0.05, 0) is 36.6 Å². The first kappa shape index (κ1) is 13.0. The van der Waals surface area contributed by atoms with Crippen LogP contribution in [0.5, 0.6) is 0 Å². The lowest BCUT2D eigenvalue weighted by Gasteiger charge is -2.13. The fourth-order valence-corrected chi connectivity index (χ4v) is 1.81. The quantitative estimate of drug-likeness (QED) is 0.794. The first-order valence-electron chi connectivity index (χ1n) is 5.25. The Morgan fingerprint density at radius 1 is 1.44 bits per heavy atom. The van der Waals surface area contributed by atoms with Gasteiger partial charge in [0.25, 0.3) is 0 Å². The van der Waals surface area contributed by atoms with Gasteiger partial charge in [-0.15, -0.1) is 11.6 Å². The van der Waals surface area contributed by atoms with Crippen LogP contribution in [0.3, 0.4) is 0 Å². The highest BCUT2D eigenvalue weighted by Gasteiger charge is 2.08. The van der Waals surface area contributed by atoms with Crippen LogP contribution >= 0.6 is 11.6 Å². The molecule has 1 aromatic carbocycles. The van der Waals surface area contributed by atoms with Crippen LogP contribution in [-0.4, -0.2) is 11.8 Å². The van der Waals surface area contributed by atoms with E-state index in [1.165, 1.54) is 0 Å². The minimum atomic E-state index is -0.0649. The van der Waals surface area contributed by atoms with Crippen LogP contribution in [0.15, 0.2) is 12.1 Å². The highest BCUT2D eigenvalue weighted by Crippen LogP contribution is 2.22. The van der Waals surface area contributed by atoms with Gasteiger partial charge in [0.05, 0.1) is 0 Å². The summed E-state index contributed by atoms with van der Waals surface area (Å²) in [7, 11) is 0. The molecule has 1 rings (SSSR count). The number of rotatable bonds is 4. The highest BCUT2D eigenvalue weighted by molar-refractivity contribution is 6.19. The Bertz CT molecular complexity index is 391. The molecule has 0 aliphatic carbocycles. The number of benzene rings is 1. The van der Waals surface area contributed by atoms with Crippen LogP contribution in [0.4, 0.5) is 5.69 Å². The van der Waals surface area contributed by atoms with Crippen molar-refractivity contribution in [2.24, 2.45) is 5.73 Å². The molecule has 1 aromatic rings. The van der Waals surface area contributed by atoms with Crippen LogP contribution < -0.4 is 11.1 Å². The van der Waals surface area contributed by atoms with Crippen LogP contribution in [-0.2, 0) is 11.3 Å². The number of anilines is 1. The zero-order valence-electron chi connectivity index (χ0n) is 9.64. The van der Waals surface area contributed by atoms with Gasteiger partial charge in [-0.2, -0.15) is 0 Å². The van der Waals surface area contributed by atoms with Gasteiger partial charge in [0, 0.05) is 24.5 Å². The Morgan fingerprint density at radius 3 is 2.69 bits per heavy atom. The van der Waals surface area contributed by atoms with Crippen molar-refractivity contribution in [3.63, 3.8) is 0 Å². The van der Waals surface area contributed by atoms with E-state index < -0.39 is 0 Å². The molecule has 0 spiro atoms. The first-order chi connectivity index (χ1) is 7.60. The molecule has 1 amide bonds. The van der Waals surface area contributed by atoms with Gasteiger partial charge in [0.15, 0.2) is 0 Å². The van der Waals surface area contributed by atoms with E-state index in [-0.39, 0.29) is 5.91 Å². The van der Waals surface area contributed by atoms with E-state index in [9.17, 15) is 4.79 Å². The Kier molecular flexibility index (Phi) is 4.77. The maximum absolute atomic E-state index is 11.4. The van der Waals surface area contributed by atoms with Crippen LogP contribution in [0, 0.1) is 13.8 Å². The number of nitrogens with one attached hydrogen (secondary N) is 1. The summed E-state index contributed by atoms with van der Waals surface area (Å²) in [5.41, 5.74) is 9.76. The molecule has 3 nitrogen and oxygen atoms in total. The molecule has 4 heteroatoms. The van der Waals surface area contributed by atoms with Crippen molar-refractivity contribution in [3.05, 3.63) is 28.8 Å². The summed E-state index contributed by atoms with van der Waals surface area (Å²) in [5, 5.41) is 2.83. The largest absolute Gasteiger partial charge is 0.326 e. The summed E-state index contributed by atoms with van der Waals surface area (Å²) in [6.07, 6.45) is 0.326. The molecule has 0 aliphatic rings. The minimum Gasteiger partial charge on any atom is -0.326 e. The van der Waals surface area contributed by atoms with Gasteiger partial charge < -0.3 is 11.1 Å². The molecule has 0 heterocycles. The van der Waals surface area contributed by atoms with Crippen molar-refractivity contribution in [3.8, 4) is 0 Å². The van der Waals surface area contributed by atoms with E-state index in [2.05, 4.69) is 5.32 Å². The van der Waals surface area contributed by atoms with Gasteiger partial charge in [-0.25, -0.2) is 0 Å². The van der Waals surface area contributed by atoms with Gasteiger partial charge in [-0.1, -0.05) is 6.07 Å². The van der Waals surface area contributed by atoms with Crippen molar-refractivity contribution >= 4 is 23.2 Å². The number of carbonyl (C=O) groups excluding carboxylic acids is 1. The molecule has 0 saturated heterocycles. The normalized spacial score (nSPS) is 10.2. The first-order valence-corrected chi connectivity index (χ1v) is 5.78. The zero-order valence-corrected chi connectivity index (χ0v) is 10.4. The second-order valence-electron chi connectivity index (χ2n) is 3.72. The molecule has 0 saturated carbocycles. The van der Waals surface area contributed by atoms with Crippen LogP contribution in [0.25, 0.3) is 0 Å².